The number of hydrogen-bond acceptors (Lipinski definition) is 5. The smallest absolute Gasteiger partial charge is 0.416 e. The van der Waals surface area contributed by atoms with Crippen LogP contribution in [-0.4, -0.2) is 31.5 Å². The van der Waals surface area contributed by atoms with Gasteiger partial charge in [-0.25, -0.2) is 4.79 Å². The summed E-state index contributed by atoms with van der Waals surface area (Å²) < 4.78 is 39.8. The first kappa shape index (κ1) is 21.2. The van der Waals surface area contributed by atoms with Gasteiger partial charge >= 0.3 is 12.1 Å². The molecule has 0 saturated carbocycles. The summed E-state index contributed by atoms with van der Waals surface area (Å²) in [5, 5.41) is 10.6. The lowest BCUT2D eigenvalue weighted by Crippen LogP contribution is -2.38. The highest BCUT2D eigenvalue weighted by Crippen LogP contribution is 2.36. The van der Waals surface area contributed by atoms with E-state index in [1.54, 1.807) is 0 Å². The van der Waals surface area contributed by atoms with Crippen LogP contribution in [0.3, 0.4) is 0 Å². The molecule has 1 amide bonds. The molecule has 0 aliphatic carbocycles. The van der Waals surface area contributed by atoms with Crippen LogP contribution in [0.4, 0.5) is 24.5 Å². The van der Waals surface area contributed by atoms with Gasteiger partial charge < -0.3 is 15.3 Å². The van der Waals surface area contributed by atoms with Crippen molar-refractivity contribution in [2.75, 3.05) is 4.90 Å². The van der Waals surface area contributed by atoms with E-state index in [1.165, 1.54) is 41.3 Å². The molecule has 2 aromatic rings. The highest BCUT2D eigenvalue weighted by Gasteiger charge is 2.37. The maximum absolute atomic E-state index is 13.2. The maximum atomic E-state index is 13.2. The summed E-state index contributed by atoms with van der Waals surface area (Å²) in [4.78, 5) is 24.6. The van der Waals surface area contributed by atoms with Crippen molar-refractivity contribution in [1.29, 1.82) is 0 Å². The fourth-order valence-corrected chi connectivity index (χ4v) is 4.21. The highest BCUT2D eigenvalue weighted by atomic mass is 32.2. The number of thiocarbonyl (C=S) groups is 2. The Morgan fingerprint density at radius 2 is 1.79 bits per heavy atom. The Bertz CT molecular complexity index is 1010. The van der Waals surface area contributed by atoms with E-state index in [-0.39, 0.29) is 20.6 Å². The SMILES string of the molecule is O=C(O)c1ccc(N(C(=S)C2SC(=S)NC2=O)c2cccc(C(F)(F)F)c2)cc1. The summed E-state index contributed by atoms with van der Waals surface area (Å²) in [6, 6.07) is 9.89. The third-order valence-corrected chi connectivity index (χ3v) is 5.88. The second-order valence-corrected chi connectivity index (χ2v) is 8.05. The second kappa shape index (κ2) is 8.09. The van der Waals surface area contributed by atoms with Crippen molar-refractivity contribution in [2.24, 2.45) is 0 Å². The Kier molecular flexibility index (Phi) is 5.92. The Morgan fingerprint density at radius 1 is 1.14 bits per heavy atom. The van der Waals surface area contributed by atoms with Crippen LogP contribution in [0.2, 0.25) is 0 Å². The zero-order valence-electron chi connectivity index (χ0n) is 14.3. The number of hydrogen-bond donors (Lipinski definition) is 2. The van der Waals surface area contributed by atoms with E-state index in [1.807, 2.05) is 0 Å². The van der Waals surface area contributed by atoms with Crippen LogP contribution < -0.4 is 10.2 Å². The van der Waals surface area contributed by atoms with Gasteiger partial charge in [-0.2, -0.15) is 13.2 Å². The predicted octanol–water partition coefficient (Wildman–Crippen LogP) is 4.39. The fraction of sp³-hybridized carbons (Fsp3) is 0.111. The predicted molar refractivity (Wildman–Crippen MR) is 112 cm³/mol. The van der Waals surface area contributed by atoms with Gasteiger partial charge in [0.2, 0.25) is 5.91 Å². The first-order valence-corrected chi connectivity index (χ1v) is 9.63. The number of amides is 1. The standard InChI is InChI=1S/C18H11F3N2O3S3/c19-18(20,21)10-2-1-3-12(8-10)23(11-6-4-9(5-7-11)16(25)26)15(27)13-14(24)22-17(28)29-13/h1-8,13H,(H,25,26)(H,22,24,28). The third kappa shape index (κ3) is 4.57. The van der Waals surface area contributed by atoms with Gasteiger partial charge in [-0.1, -0.05) is 42.3 Å². The summed E-state index contributed by atoms with van der Waals surface area (Å²) >= 11 is 11.4. The van der Waals surface area contributed by atoms with E-state index < -0.39 is 28.9 Å². The van der Waals surface area contributed by atoms with Gasteiger partial charge in [0.15, 0.2) is 0 Å². The molecule has 2 aromatic carbocycles. The van der Waals surface area contributed by atoms with Crippen LogP contribution in [0.5, 0.6) is 0 Å². The third-order valence-electron chi connectivity index (χ3n) is 3.94. The van der Waals surface area contributed by atoms with Crippen LogP contribution in [0.1, 0.15) is 15.9 Å². The minimum atomic E-state index is -4.57. The van der Waals surface area contributed by atoms with E-state index in [0.29, 0.717) is 5.69 Å². The number of thioether (sulfide) groups is 1. The lowest BCUT2D eigenvalue weighted by atomic mass is 10.1. The minimum absolute atomic E-state index is 0.00202. The van der Waals surface area contributed by atoms with Crippen molar-refractivity contribution >= 4 is 68.8 Å². The molecule has 1 aliphatic rings. The minimum Gasteiger partial charge on any atom is -0.478 e. The van der Waals surface area contributed by atoms with E-state index in [0.717, 1.165) is 23.9 Å². The van der Waals surface area contributed by atoms with Crippen LogP contribution in [0, 0.1) is 0 Å². The van der Waals surface area contributed by atoms with Gasteiger partial charge in [0.05, 0.1) is 11.1 Å². The number of carboxylic acids is 1. The van der Waals surface area contributed by atoms with Crippen molar-refractivity contribution in [2.45, 2.75) is 11.4 Å². The average molecular weight is 456 g/mol. The van der Waals surface area contributed by atoms with Crippen molar-refractivity contribution in [3.8, 4) is 0 Å². The number of halogens is 3. The highest BCUT2D eigenvalue weighted by molar-refractivity contribution is 8.25. The number of anilines is 2. The molecule has 1 unspecified atom stereocenters. The van der Waals surface area contributed by atoms with Crippen molar-refractivity contribution < 1.29 is 27.9 Å². The lowest BCUT2D eigenvalue weighted by molar-refractivity contribution is -0.137. The number of nitrogens with one attached hydrogen (secondary N) is 1. The Hall–Kier alpha value is -2.50. The molecule has 1 aliphatic heterocycles. The molecule has 0 radical (unpaired) electrons. The topological polar surface area (TPSA) is 69.6 Å². The second-order valence-electron chi connectivity index (χ2n) is 5.85. The number of aromatic carboxylic acids is 1. The number of rotatable bonds is 4. The number of carbonyl (C=O) groups is 2. The molecule has 1 saturated heterocycles. The number of carbonyl (C=O) groups excluding carboxylic acids is 1. The molecule has 11 heteroatoms. The molecule has 0 aromatic heterocycles. The molecule has 5 nitrogen and oxygen atoms in total. The molecule has 1 fully saturated rings. The van der Waals surface area contributed by atoms with Gasteiger partial charge in [-0.3, -0.25) is 4.79 Å². The van der Waals surface area contributed by atoms with E-state index >= 15 is 0 Å². The molecule has 0 spiro atoms. The van der Waals surface area contributed by atoms with Crippen molar-refractivity contribution in [3.63, 3.8) is 0 Å². The quantitative estimate of drug-likeness (QED) is 0.662. The fourth-order valence-electron chi connectivity index (χ4n) is 2.61. The number of alkyl halides is 3. The Balaban J connectivity index is 2.09. The first-order valence-electron chi connectivity index (χ1n) is 7.94. The molecule has 150 valence electrons. The monoisotopic (exact) mass is 456 g/mol. The molecule has 0 bridgehead atoms. The van der Waals surface area contributed by atoms with Gasteiger partial charge in [-0.05, 0) is 42.5 Å². The van der Waals surface area contributed by atoms with Crippen LogP contribution in [0.25, 0.3) is 0 Å². The molecule has 3 rings (SSSR count). The largest absolute Gasteiger partial charge is 0.478 e. The van der Waals surface area contributed by atoms with E-state index in [9.17, 15) is 22.8 Å². The molecular weight excluding hydrogens is 445 g/mol. The number of benzene rings is 2. The molecule has 29 heavy (non-hydrogen) atoms. The van der Waals surface area contributed by atoms with Crippen molar-refractivity contribution in [1.82, 2.24) is 5.32 Å². The van der Waals surface area contributed by atoms with Gasteiger partial charge in [0.1, 0.15) is 14.6 Å². The zero-order valence-corrected chi connectivity index (χ0v) is 16.7. The number of nitrogens with zero attached hydrogens (tertiary/aromatic N) is 1. The number of carboxylic acid groups (broad SMARTS) is 1. The molecule has 2 N–H and O–H groups in total. The summed E-state index contributed by atoms with van der Waals surface area (Å²) in [5.74, 6) is -1.62. The summed E-state index contributed by atoms with van der Waals surface area (Å²) in [7, 11) is 0. The average Bonchev–Trinajstić information content (AvgIpc) is 3.00. The Morgan fingerprint density at radius 3 is 2.31 bits per heavy atom. The molecular formula is C18H11F3N2O3S3. The lowest BCUT2D eigenvalue weighted by Gasteiger charge is -2.28. The molecule has 1 heterocycles. The van der Waals surface area contributed by atoms with Gasteiger partial charge in [0.25, 0.3) is 0 Å². The van der Waals surface area contributed by atoms with Crippen molar-refractivity contribution in [3.05, 3.63) is 59.7 Å². The van der Waals surface area contributed by atoms with Crippen LogP contribution in [0.15, 0.2) is 48.5 Å². The maximum Gasteiger partial charge on any atom is 0.416 e. The van der Waals surface area contributed by atoms with E-state index in [4.69, 9.17) is 29.5 Å². The van der Waals surface area contributed by atoms with Crippen LogP contribution >= 0.6 is 36.2 Å². The molecule has 1 atom stereocenters. The van der Waals surface area contributed by atoms with Crippen LogP contribution in [-0.2, 0) is 11.0 Å². The van der Waals surface area contributed by atoms with Gasteiger partial charge in [0, 0.05) is 11.4 Å². The normalized spacial score (nSPS) is 16.4. The summed E-state index contributed by atoms with van der Waals surface area (Å²) in [5.41, 5.74) is -0.494. The first-order chi connectivity index (χ1) is 13.6. The summed E-state index contributed by atoms with van der Waals surface area (Å²) in [6.45, 7) is 0. The zero-order chi connectivity index (χ0) is 21.3. The summed E-state index contributed by atoms with van der Waals surface area (Å²) in [6.07, 6.45) is -4.57. The van der Waals surface area contributed by atoms with E-state index in [2.05, 4.69) is 5.32 Å². The van der Waals surface area contributed by atoms with Gasteiger partial charge in [-0.15, -0.1) is 0 Å². The Labute approximate surface area is 177 Å².